The first kappa shape index (κ1) is 59.7. The van der Waals surface area contributed by atoms with Crippen molar-refractivity contribution in [3.8, 4) is 5.75 Å². The Bertz CT molecular complexity index is 2410. The van der Waals surface area contributed by atoms with Crippen LogP contribution in [0.3, 0.4) is 0 Å². The molecule has 0 bridgehead atoms. The molecular weight excluding hydrogens is 989 g/mol. The van der Waals surface area contributed by atoms with Crippen molar-refractivity contribution >= 4 is 59.1 Å². The fourth-order valence-corrected chi connectivity index (χ4v) is 9.70. The van der Waals surface area contributed by atoms with E-state index in [1.807, 2.05) is 0 Å². The molecule has 9 amide bonds. The van der Waals surface area contributed by atoms with E-state index in [2.05, 4.69) is 31.9 Å². The average Bonchev–Trinajstić information content (AvgIpc) is 4.20. The number of carboxylic acid groups (broad SMARTS) is 1. The summed E-state index contributed by atoms with van der Waals surface area (Å²) < 4.78 is 0. The molecule has 416 valence electrons. The number of nitrogens with two attached hydrogens (primary N) is 1. The van der Waals surface area contributed by atoms with Gasteiger partial charge in [0.25, 0.3) is 0 Å². The van der Waals surface area contributed by atoms with Gasteiger partial charge in [0, 0.05) is 26.1 Å². The van der Waals surface area contributed by atoms with Gasteiger partial charge in [-0.05, 0) is 87.0 Å². The molecule has 0 aromatic heterocycles. The molecule has 3 saturated heterocycles. The van der Waals surface area contributed by atoms with E-state index < -0.39 is 145 Å². The minimum Gasteiger partial charge on any atom is -0.508 e. The molecule has 2 aromatic rings. The Labute approximate surface area is 441 Å². The molecule has 3 aliphatic heterocycles. The zero-order valence-corrected chi connectivity index (χ0v) is 43.6. The zero-order chi connectivity index (χ0) is 56.0. The number of benzene rings is 2. The monoisotopic (exact) mass is 1060 g/mol. The topological polar surface area (TPSA) is 360 Å². The van der Waals surface area contributed by atoms with Crippen molar-refractivity contribution in [3.63, 3.8) is 0 Å². The Morgan fingerprint density at radius 2 is 0.987 bits per heavy atom. The molecule has 76 heavy (non-hydrogen) atoms. The second-order valence-corrected chi connectivity index (χ2v) is 20.3. The third kappa shape index (κ3) is 15.5. The molecule has 0 aliphatic carbocycles. The number of carbonyl (C=O) groups excluding carboxylic acids is 9. The number of rotatable bonds is 24. The van der Waals surface area contributed by atoms with Crippen LogP contribution in [0.4, 0.5) is 0 Å². The lowest BCUT2D eigenvalue weighted by Gasteiger charge is -2.32. The summed E-state index contributed by atoms with van der Waals surface area (Å²) in [6, 6.07) is 2.72. The van der Waals surface area contributed by atoms with Crippen molar-refractivity contribution in [2.75, 3.05) is 32.8 Å². The summed E-state index contributed by atoms with van der Waals surface area (Å²) in [5.74, 6) is -8.68. The van der Waals surface area contributed by atoms with E-state index in [0.717, 1.165) is 0 Å². The normalized spacial score (nSPS) is 20.1. The first-order chi connectivity index (χ1) is 36.1. The molecule has 3 fully saturated rings. The molecule has 24 nitrogen and oxygen atoms in total. The van der Waals surface area contributed by atoms with Crippen LogP contribution in [0.5, 0.6) is 5.75 Å². The van der Waals surface area contributed by atoms with Gasteiger partial charge in [-0.1, -0.05) is 70.2 Å². The summed E-state index contributed by atoms with van der Waals surface area (Å²) in [6.07, 6.45) is 1.85. The Balaban J connectivity index is 1.19. The third-order valence-electron chi connectivity index (χ3n) is 14.0. The number of amides is 9. The summed E-state index contributed by atoms with van der Waals surface area (Å²) in [5, 5.41) is 55.2. The van der Waals surface area contributed by atoms with Crippen LogP contribution >= 0.6 is 0 Å². The number of hydrogen-bond acceptors (Lipinski definition) is 14. The minimum absolute atomic E-state index is 0.0122. The molecule has 3 aliphatic rings. The molecule has 10 atom stereocenters. The molecule has 24 heteroatoms. The van der Waals surface area contributed by atoms with Gasteiger partial charge in [-0.2, -0.15) is 0 Å². The van der Waals surface area contributed by atoms with Crippen LogP contribution in [0.2, 0.25) is 0 Å². The van der Waals surface area contributed by atoms with Crippen LogP contribution in [-0.2, 0) is 60.8 Å². The highest BCUT2D eigenvalue weighted by Crippen LogP contribution is 2.24. The maximum absolute atomic E-state index is 14.5. The Morgan fingerprint density at radius 1 is 0.526 bits per heavy atom. The van der Waals surface area contributed by atoms with E-state index in [1.165, 1.54) is 33.8 Å². The molecule has 0 unspecified atom stereocenters. The maximum Gasteiger partial charge on any atom is 0.326 e. The molecule has 5 rings (SSSR count). The van der Waals surface area contributed by atoms with Crippen LogP contribution in [0, 0.1) is 11.8 Å². The predicted molar refractivity (Wildman–Crippen MR) is 273 cm³/mol. The van der Waals surface area contributed by atoms with Gasteiger partial charge >= 0.3 is 5.97 Å². The summed E-state index contributed by atoms with van der Waals surface area (Å²) in [5.41, 5.74) is 7.58. The summed E-state index contributed by atoms with van der Waals surface area (Å²) in [4.78, 5) is 139. The molecule has 0 saturated carbocycles. The smallest absolute Gasteiger partial charge is 0.326 e. The largest absolute Gasteiger partial charge is 0.508 e. The van der Waals surface area contributed by atoms with Gasteiger partial charge in [0.15, 0.2) is 0 Å². The van der Waals surface area contributed by atoms with Gasteiger partial charge in [0.1, 0.15) is 60.1 Å². The number of likely N-dealkylation sites (tertiary alicyclic amines) is 3. The maximum atomic E-state index is 14.5. The zero-order valence-electron chi connectivity index (χ0n) is 43.6. The second kappa shape index (κ2) is 27.6. The van der Waals surface area contributed by atoms with Gasteiger partial charge in [-0.25, -0.2) is 4.79 Å². The molecule has 0 spiro atoms. The second-order valence-electron chi connectivity index (χ2n) is 20.3. The molecule has 12 N–H and O–H groups in total. The number of nitrogens with one attached hydrogen (secondary N) is 6. The summed E-state index contributed by atoms with van der Waals surface area (Å²) in [7, 11) is 0. The standard InChI is InChI=1S/C52H74N10O14/c1-28(2)41(58-43(66)34(53)24-32-17-19-33(65)20-18-32)48(71)55-35(25-31-12-7-6-8-13-31)50(73)61-22-10-15-39(61)45(68)56-36(26-63)44(67)54-30(5)49(72)60-21-9-14-38(60)46(69)57-37(27-64)51(74)62-23-11-16-40(62)47(70)59-42(29(3)4)52(75)76/h6-8,12-13,17-20,28-30,34-42,63-65H,9-11,14-16,21-27,53H2,1-5H3,(H,54,67)(H,55,71)(H,56,68)(H,57,69)(H,58,66)(H,59,70)(H,75,76)/t30-,34-,35-,36-,37-,38-,39-,40-,41-,42-/m0/s1. The van der Waals surface area contributed by atoms with Crippen molar-refractivity contribution in [2.45, 2.75) is 146 Å². The van der Waals surface area contributed by atoms with Crippen LogP contribution in [0.25, 0.3) is 0 Å². The first-order valence-electron chi connectivity index (χ1n) is 25.8. The predicted octanol–water partition coefficient (Wildman–Crippen LogP) is -2.21. The van der Waals surface area contributed by atoms with Crippen molar-refractivity contribution in [1.29, 1.82) is 0 Å². The number of carbonyl (C=O) groups is 10. The molecular formula is C52H74N10O14. The van der Waals surface area contributed by atoms with Gasteiger partial charge in [-0.3, -0.25) is 43.2 Å². The average molecular weight is 1060 g/mol. The number of phenolic OH excluding ortho intramolecular Hbond substituents is 1. The molecule has 0 radical (unpaired) electrons. The number of aliphatic hydroxyl groups excluding tert-OH is 2. The highest BCUT2D eigenvalue weighted by Gasteiger charge is 2.43. The van der Waals surface area contributed by atoms with Crippen LogP contribution in [-0.4, -0.2) is 188 Å². The number of carboxylic acids is 1. The minimum atomic E-state index is -1.60. The van der Waals surface area contributed by atoms with Gasteiger partial charge in [0.2, 0.25) is 53.2 Å². The van der Waals surface area contributed by atoms with Crippen molar-refractivity contribution in [2.24, 2.45) is 17.6 Å². The van der Waals surface area contributed by atoms with E-state index >= 15 is 0 Å². The van der Waals surface area contributed by atoms with E-state index in [-0.39, 0.29) is 57.5 Å². The van der Waals surface area contributed by atoms with E-state index in [0.29, 0.717) is 30.4 Å². The highest BCUT2D eigenvalue weighted by atomic mass is 16.4. The number of aliphatic hydroxyl groups is 2. The number of hydrogen-bond donors (Lipinski definition) is 11. The highest BCUT2D eigenvalue weighted by molar-refractivity contribution is 5.99. The Hall–Kier alpha value is -7.18. The lowest BCUT2D eigenvalue weighted by molar-refractivity contribution is -0.146. The lowest BCUT2D eigenvalue weighted by atomic mass is 9.99. The van der Waals surface area contributed by atoms with Crippen LogP contribution < -0.4 is 37.6 Å². The molecule has 2 aromatic carbocycles. The number of aromatic hydroxyl groups is 1. The quantitative estimate of drug-likeness (QED) is 0.0531. The van der Waals surface area contributed by atoms with E-state index in [4.69, 9.17) is 5.73 Å². The van der Waals surface area contributed by atoms with Gasteiger partial charge in [0.05, 0.1) is 19.3 Å². The lowest BCUT2D eigenvalue weighted by Crippen LogP contribution is -2.61. The Kier molecular flexibility index (Phi) is 21.6. The summed E-state index contributed by atoms with van der Waals surface area (Å²) >= 11 is 0. The number of aliphatic carboxylic acids is 1. The Morgan fingerprint density at radius 3 is 1.47 bits per heavy atom. The summed E-state index contributed by atoms with van der Waals surface area (Å²) in [6.45, 7) is 6.56. The third-order valence-corrected chi connectivity index (χ3v) is 14.0. The van der Waals surface area contributed by atoms with E-state index in [1.54, 1.807) is 70.2 Å². The fourth-order valence-electron chi connectivity index (χ4n) is 9.70. The van der Waals surface area contributed by atoms with Crippen molar-refractivity contribution in [1.82, 2.24) is 46.6 Å². The SMILES string of the molecule is CC(C)[C@H](NC(=O)[C@@H]1CCCN1C(=O)[C@H](CO)NC(=O)[C@@H]1CCCN1C(=O)[C@H](C)NC(=O)[C@H](CO)NC(=O)[C@@H]1CCCN1C(=O)[C@H](Cc1ccccc1)NC(=O)[C@@H](NC(=O)[C@@H](N)Cc1ccc(O)cc1)C(C)C)C(=O)O. The van der Waals surface area contributed by atoms with Crippen molar-refractivity contribution < 1.29 is 68.4 Å². The van der Waals surface area contributed by atoms with Gasteiger partial charge < -0.3 is 72.8 Å². The molecule has 3 heterocycles. The first-order valence-corrected chi connectivity index (χ1v) is 25.8. The van der Waals surface area contributed by atoms with E-state index in [9.17, 15) is 68.4 Å². The van der Waals surface area contributed by atoms with Gasteiger partial charge in [-0.15, -0.1) is 0 Å². The van der Waals surface area contributed by atoms with Crippen LogP contribution in [0.1, 0.15) is 84.3 Å². The number of phenols is 1. The number of nitrogens with zero attached hydrogens (tertiary/aromatic N) is 3. The van der Waals surface area contributed by atoms with Crippen molar-refractivity contribution in [3.05, 3.63) is 65.7 Å². The fraction of sp³-hybridized carbons (Fsp3) is 0.577. The van der Waals surface area contributed by atoms with Crippen LogP contribution in [0.15, 0.2) is 54.6 Å².